The molecule has 0 saturated carbocycles. The van der Waals surface area contributed by atoms with E-state index in [0.29, 0.717) is 29.0 Å². The van der Waals surface area contributed by atoms with Crippen LogP contribution in [0.15, 0.2) is 18.3 Å². The first-order chi connectivity index (χ1) is 16.4. The van der Waals surface area contributed by atoms with Gasteiger partial charge < -0.3 is 29.6 Å². The molecule has 0 spiro atoms. The molecule has 3 aromatic rings. The molecular formula is C23H27ClFN5O4. The number of rotatable bonds is 5. The molecule has 2 saturated heterocycles. The van der Waals surface area contributed by atoms with Gasteiger partial charge in [-0.15, -0.1) is 0 Å². The summed E-state index contributed by atoms with van der Waals surface area (Å²) in [5.74, 6) is -0.0271. The molecule has 182 valence electrons. The number of hydrogen-bond acceptors (Lipinski definition) is 8. The number of nitrogens with one attached hydrogen (secondary N) is 1. The van der Waals surface area contributed by atoms with Crippen LogP contribution in [0.5, 0.6) is 0 Å². The van der Waals surface area contributed by atoms with E-state index < -0.39 is 42.5 Å². The van der Waals surface area contributed by atoms with Crippen LogP contribution in [0.3, 0.4) is 0 Å². The Balaban J connectivity index is 1.54. The van der Waals surface area contributed by atoms with Gasteiger partial charge in [-0.1, -0.05) is 11.6 Å². The standard InChI is InChI=1S/C23H27ClFN5O4/c1-10(2)30-16-6-11(5-14(25)18(16)28-21(30)23(3,4)32)17-13(24)8-26-22(29-17)27-15-7-12-9-33-20(34-12)19(15)31/h5-6,8,10,12,15,19-20,31-32H,7,9H2,1-4H3,(H,26,27,29)/t12-,15+,19-,20+/m0/s1/i9D/t9-,12+,15-,19+,20-/m1. The van der Waals surface area contributed by atoms with Gasteiger partial charge in [0.15, 0.2) is 12.1 Å². The third kappa shape index (κ3) is 4.03. The summed E-state index contributed by atoms with van der Waals surface area (Å²) in [6, 6.07) is 2.44. The number of aliphatic hydroxyl groups excluding tert-OH is 1. The van der Waals surface area contributed by atoms with Crippen molar-refractivity contribution in [3.05, 3.63) is 35.0 Å². The molecule has 0 unspecified atom stereocenters. The molecule has 0 aliphatic carbocycles. The van der Waals surface area contributed by atoms with Crippen LogP contribution in [0, 0.1) is 5.82 Å². The van der Waals surface area contributed by atoms with Crippen LogP contribution in [-0.4, -0.2) is 60.9 Å². The molecule has 1 aromatic carbocycles. The monoisotopic (exact) mass is 492 g/mol. The van der Waals surface area contributed by atoms with Crippen LogP contribution < -0.4 is 5.32 Å². The Bertz CT molecular complexity index is 1280. The minimum atomic E-state index is -1.27. The van der Waals surface area contributed by atoms with E-state index in [0.717, 1.165) is 0 Å². The van der Waals surface area contributed by atoms with Gasteiger partial charge in [0.1, 0.15) is 23.0 Å². The number of fused-ring (bicyclic) bond motifs is 3. The van der Waals surface area contributed by atoms with Crippen LogP contribution in [0.1, 0.15) is 47.4 Å². The smallest absolute Gasteiger partial charge is 0.223 e. The molecule has 2 fully saturated rings. The van der Waals surface area contributed by atoms with E-state index in [-0.39, 0.29) is 22.5 Å². The van der Waals surface area contributed by atoms with Gasteiger partial charge in [-0.2, -0.15) is 0 Å². The van der Waals surface area contributed by atoms with Crippen LogP contribution in [0.25, 0.3) is 22.3 Å². The third-order valence-electron chi connectivity index (χ3n) is 6.00. The Labute approximate surface area is 202 Å². The van der Waals surface area contributed by atoms with Gasteiger partial charge in [0.05, 0.1) is 42.5 Å². The van der Waals surface area contributed by atoms with E-state index >= 15 is 4.39 Å². The minimum absolute atomic E-state index is 0.0948. The molecule has 0 radical (unpaired) electrons. The number of aliphatic hydroxyl groups is 2. The highest BCUT2D eigenvalue weighted by Gasteiger charge is 2.43. The van der Waals surface area contributed by atoms with Gasteiger partial charge >= 0.3 is 0 Å². The Morgan fingerprint density at radius 1 is 1.35 bits per heavy atom. The minimum Gasteiger partial charge on any atom is -0.386 e. The van der Waals surface area contributed by atoms with Gasteiger partial charge in [0.2, 0.25) is 5.95 Å². The van der Waals surface area contributed by atoms with Crippen molar-refractivity contribution >= 4 is 28.6 Å². The topological polar surface area (TPSA) is 115 Å². The Kier molecular flexibility index (Phi) is 5.45. The van der Waals surface area contributed by atoms with E-state index in [9.17, 15) is 10.2 Å². The van der Waals surface area contributed by atoms with Crippen molar-refractivity contribution in [2.24, 2.45) is 0 Å². The van der Waals surface area contributed by atoms with Crippen molar-refractivity contribution in [1.82, 2.24) is 19.5 Å². The number of ether oxygens (including phenoxy) is 2. The molecule has 3 N–H and O–H groups in total. The van der Waals surface area contributed by atoms with Crippen molar-refractivity contribution < 1.29 is 25.4 Å². The van der Waals surface area contributed by atoms with E-state index in [1.165, 1.54) is 12.3 Å². The molecule has 5 rings (SSSR count). The molecule has 4 heterocycles. The SMILES string of the molecule is [2H][C@H]1O[C@@H]2O[C@H]1C[C@@H](Nc1ncc(Cl)c(-c3cc(F)c4nc(C(C)(C)O)n(C(C)C)c4c3)n1)[C@@H]2O. The lowest BCUT2D eigenvalue weighted by Crippen LogP contribution is -2.48. The molecule has 34 heavy (non-hydrogen) atoms. The number of aromatic nitrogens is 4. The Morgan fingerprint density at radius 3 is 2.82 bits per heavy atom. The lowest BCUT2D eigenvalue weighted by atomic mass is 10.0. The number of anilines is 1. The molecule has 2 aromatic heterocycles. The van der Waals surface area contributed by atoms with Crippen molar-refractivity contribution in [1.29, 1.82) is 0 Å². The molecular weight excluding hydrogens is 465 g/mol. The predicted molar refractivity (Wildman–Crippen MR) is 124 cm³/mol. The summed E-state index contributed by atoms with van der Waals surface area (Å²) in [7, 11) is 0. The van der Waals surface area contributed by atoms with Crippen molar-refractivity contribution in [2.45, 2.75) is 70.3 Å². The highest BCUT2D eigenvalue weighted by atomic mass is 35.5. The summed E-state index contributed by atoms with van der Waals surface area (Å²) in [6.45, 7) is 6.21. The van der Waals surface area contributed by atoms with Crippen LogP contribution in [0.2, 0.25) is 5.02 Å². The molecule has 2 aliphatic rings. The highest BCUT2D eigenvalue weighted by molar-refractivity contribution is 6.33. The summed E-state index contributed by atoms with van der Waals surface area (Å²) < 4.78 is 35.7. The second kappa shape index (κ2) is 8.39. The summed E-state index contributed by atoms with van der Waals surface area (Å²) >= 11 is 6.41. The maximum Gasteiger partial charge on any atom is 0.223 e. The maximum atomic E-state index is 15.2. The number of imidazole rings is 1. The first-order valence-corrected chi connectivity index (χ1v) is 11.5. The Morgan fingerprint density at radius 2 is 2.12 bits per heavy atom. The van der Waals surface area contributed by atoms with Gasteiger partial charge in [0.25, 0.3) is 0 Å². The predicted octanol–water partition coefficient (Wildman–Crippen LogP) is 3.38. The van der Waals surface area contributed by atoms with Gasteiger partial charge in [-0.25, -0.2) is 19.3 Å². The van der Waals surface area contributed by atoms with Crippen molar-refractivity contribution in [2.75, 3.05) is 11.9 Å². The first-order valence-electron chi connectivity index (χ1n) is 11.7. The second-order valence-electron chi connectivity index (χ2n) is 9.47. The first kappa shape index (κ1) is 22.1. The van der Waals surface area contributed by atoms with Crippen LogP contribution in [0.4, 0.5) is 10.3 Å². The summed E-state index contributed by atoms with van der Waals surface area (Å²) in [5.41, 5.74) is 0.0907. The largest absolute Gasteiger partial charge is 0.386 e. The molecule has 0 amide bonds. The van der Waals surface area contributed by atoms with Crippen molar-refractivity contribution in [3.63, 3.8) is 0 Å². The van der Waals surface area contributed by atoms with Crippen LogP contribution in [-0.2, 0) is 15.1 Å². The molecule has 2 bridgehead atoms. The quantitative estimate of drug-likeness (QED) is 0.496. The lowest BCUT2D eigenvalue weighted by Gasteiger charge is -2.32. The molecule has 5 atom stereocenters. The van der Waals surface area contributed by atoms with E-state index in [1.54, 1.807) is 24.5 Å². The zero-order chi connectivity index (χ0) is 25.2. The normalized spacial score (nSPS) is 27.4. The number of halogens is 2. The summed E-state index contributed by atoms with van der Waals surface area (Å²) in [4.78, 5) is 13.1. The number of nitrogens with zero attached hydrogens (tertiary/aromatic N) is 4. The fourth-order valence-corrected chi connectivity index (χ4v) is 4.65. The van der Waals surface area contributed by atoms with Gasteiger partial charge in [-0.3, -0.25) is 0 Å². The number of hydrogen-bond donors (Lipinski definition) is 3. The fourth-order valence-electron chi connectivity index (χ4n) is 4.45. The lowest BCUT2D eigenvalue weighted by molar-refractivity contribution is -0.156. The number of benzene rings is 1. The van der Waals surface area contributed by atoms with E-state index in [4.69, 9.17) is 22.4 Å². The average Bonchev–Trinajstić information content (AvgIpc) is 3.32. The van der Waals surface area contributed by atoms with Gasteiger partial charge in [0, 0.05) is 11.6 Å². The van der Waals surface area contributed by atoms with E-state index in [1.807, 2.05) is 13.8 Å². The zero-order valence-corrected chi connectivity index (χ0v) is 19.9. The fraction of sp³-hybridized carbons (Fsp3) is 0.522. The molecule has 11 heteroatoms. The Hall–Kier alpha value is -2.37. The van der Waals surface area contributed by atoms with Crippen LogP contribution >= 0.6 is 11.6 Å². The third-order valence-corrected chi connectivity index (χ3v) is 6.27. The van der Waals surface area contributed by atoms with Crippen molar-refractivity contribution in [3.8, 4) is 11.3 Å². The molecule has 9 nitrogen and oxygen atoms in total. The second-order valence-corrected chi connectivity index (χ2v) is 9.87. The summed E-state index contributed by atoms with van der Waals surface area (Å²) in [5, 5.41) is 24.4. The average molecular weight is 493 g/mol. The van der Waals surface area contributed by atoms with Gasteiger partial charge in [-0.05, 0) is 46.2 Å². The molecule has 2 aliphatic heterocycles. The summed E-state index contributed by atoms with van der Waals surface area (Å²) in [6.07, 6.45) is -0.635. The maximum absolute atomic E-state index is 15.2. The highest BCUT2D eigenvalue weighted by Crippen LogP contribution is 2.35. The van der Waals surface area contributed by atoms with E-state index in [2.05, 4.69) is 20.3 Å². The zero-order valence-electron chi connectivity index (χ0n) is 20.2.